The molecule has 0 bridgehead atoms. The highest BCUT2D eigenvalue weighted by molar-refractivity contribution is 5.95. The van der Waals surface area contributed by atoms with Crippen molar-refractivity contribution in [2.45, 2.75) is 75.5 Å². The average Bonchev–Trinajstić information content (AvgIpc) is 2.88. The second-order valence-corrected chi connectivity index (χ2v) is 10.1. The Labute approximate surface area is 211 Å². The molecule has 1 aromatic heterocycles. The number of aromatic nitrogens is 1. The zero-order valence-electron chi connectivity index (χ0n) is 20.3. The number of anilines is 1. The number of carbonyl (C=O) groups is 1. The highest BCUT2D eigenvalue weighted by Gasteiger charge is 2.45. The molecule has 5 rings (SSSR count). The minimum Gasteiger partial charge on any atom is -0.477 e. The summed E-state index contributed by atoms with van der Waals surface area (Å²) in [5, 5.41) is 49.1. The third-order valence-corrected chi connectivity index (χ3v) is 7.79. The molecule has 2 fully saturated rings. The van der Waals surface area contributed by atoms with Gasteiger partial charge in [0.05, 0.1) is 23.9 Å². The summed E-state index contributed by atoms with van der Waals surface area (Å²) in [6, 6.07) is 1.08. The smallest absolute Gasteiger partial charge is 0.341 e. The largest absolute Gasteiger partial charge is 0.477 e. The molecule has 3 aliphatic heterocycles. The van der Waals surface area contributed by atoms with Crippen molar-refractivity contribution >= 4 is 22.6 Å². The first kappa shape index (κ1) is 26.0. The van der Waals surface area contributed by atoms with Crippen LogP contribution in [0.1, 0.15) is 48.1 Å². The first-order valence-corrected chi connectivity index (χ1v) is 12.5. The molecule has 0 saturated carbocycles. The Kier molecular flexibility index (Phi) is 6.98. The van der Waals surface area contributed by atoms with E-state index in [-0.39, 0.29) is 23.1 Å². The molecule has 6 atom stereocenters. The molecule has 1 aromatic carbocycles. The first-order valence-electron chi connectivity index (χ1n) is 12.5. The van der Waals surface area contributed by atoms with E-state index in [9.17, 15) is 35.1 Å². The van der Waals surface area contributed by atoms with Crippen LogP contribution < -0.4 is 10.3 Å². The highest BCUT2D eigenvalue weighted by atomic mass is 19.1. The van der Waals surface area contributed by atoms with Crippen LogP contribution in [0.15, 0.2) is 17.1 Å². The maximum atomic E-state index is 15.5. The van der Waals surface area contributed by atoms with E-state index >= 15 is 4.39 Å². The SMILES string of the molecule is C[C@H]1CCc2c(N3CCC(O[C@@H]4O[C@H](CO)[C@@H](O)[C@H](O)[C@H]4O)CC3)c(F)cc3c(=O)c(C(=O)O)cn1c23. The summed E-state index contributed by atoms with van der Waals surface area (Å²) in [5.41, 5.74) is 0.541. The molecule has 0 radical (unpaired) electrons. The van der Waals surface area contributed by atoms with E-state index in [0.717, 1.165) is 6.07 Å². The average molecular weight is 523 g/mol. The van der Waals surface area contributed by atoms with Crippen molar-refractivity contribution in [1.82, 2.24) is 4.57 Å². The minimum atomic E-state index is -1.53. The summed E-state index contributed by atoms with van der Waals surface area (Å²) in [4.78, 5) is 26.3. The maximum absolute atomic E-state index is 15.5. The van der Waals surface area contributed by atoms with Gasteiger partial charge in [-0.05, 0) is 38.7 Å². The number of piperidine rings is 1. The van der Waals surface area contributed by atoms with Crippen molar-refractivity contribution in [2.24, 2.45) is 0 Å². The summed E-state index contributed by atoms with van der Waals surface area (Å²) in [7, 11) is 0. The number of hydrogen-bond donors (Lipinski definition) is 5. The molecule has 2 aromatic rings. The van der Waals surface area contributed by atoms with Crippen LogP contribution in [0, 0.1) is 5.82 Å². The number of nitrogens with zero attached hydrogens (tertiary/aromatic N) is 2. The molecule has 0 amide bonds. The van der Waals surface area contributed by atoms with Crippen molar-refractivity contribution in [2.75, 3.05) is 24.6 Å². The van der Waals surface area contributed by atoms with Crippen molar-refractivity contribution in [3.05, 3.63) is 39.4 Å². The van der Waals surface area contributed by atoms with Crippen LogP contribution in [0.2, 0.25) is 0 Å². The van der Waals surface area contributed by atoms with Gasteiger partial charge in [0.1, 0.15) is 35.8 Å². The summed E-state index contributed by atoms with van der Waals surface area (Å²) in [6.07, 6.45) is -3.71. The molecule has 202 valence electrons. The van der Waals surface area contributed by atoms with E-state index in [1.165, 1.54) is 6.20 Å². The van der Waals surface area contributed by atoms with Gasteiger partial charge in [0, 0.05) is 36.3 Å². The number of aryl methyl sites for hydroxylation is 1. The molecule has 0 spiro atoms. The van der Waals surface area contributed by atoms with Gasteiger partial charge < -0.3 is 44.5 Å². The number of carboxylic acid groups (broad SMARTS) is 1. The van der Waals surface area contributed by atoms with Crippen LogP contribution in [0.25, 0.3) is 10.9 Å². The lowest BCUT2D eigenvalue weighted by Crippen LogP contribution is -2.60. The fourth-order valence-electron chi connectivity index (χ4n) is 5.71. The molecule has 3 aliphatic rings. The first-order chi connectivity index (χ1) is 17.6. The monoisotopic (exact) mass is 522 g/mol. The maximum Gasteiger partial charge on any atom is 0.341 e. The molecule has 11 nitrogen and oxygen atoms in total. The molecule has 2 saturated heterocycles. The highest BCUT2D eigenvalue weighted by Crippen LogP contribution is 2.39. The van der Waals surface area contributed by atoms with Gasteiger partial charge in [0.2, 0.25) is 5.43 Å². The minimum absolute atomic E-state index is 0.0512. The second-order valence-electron chi connectivity index (χ2n) is 10.1. The Morgan fingerprint density at radius 3 is 2.51 bits per heavy atom. The number of halogens is 1. The lowest BCUT2D eigenvalue weighted by molar-refractivity contribution is -0.312. The van der Waals surface area contributed by atoms with Gasteiger partial charge in [-0.1, -0.05) is 0 Å². The van der Waals surface area contributed by atoms with Gasteiger partial charge >= 0.3 is 5.97 Å². The Hall–Kier alpha value is -2.61. The van der Waals surface area contributed by atoms with Crippen molar-refractivity contribution in [3.63, 3.8) is 0 Å². The second kappa shape index (κ2) is 9.93. The number of pyridine rings is 1. The summed E-state index contributed by atoms with van der Waals surface area (Å²) < 4.78 is 28.6. The van der Waals surface area contributed by atoms with Crippen LogP contribution in [-0.2, 0) is 15.9 Å². The lowest BCUT2D eigenvalue weighted by Gasteiger charge is -2.42. The number of aromatic carboxylic acids is 1. The standard InChI is InChI=1S/C25H31FN2O9/c1-11-2-3-13-18-14(20(30)15(24(34)35)9-28(11)18)8-16(26)19(13)27-6-4-12(5-7-27)36-25-23(33)22(32)21(31)17(10-29)37-25/h8-9,11-12,17,21-23,25,29,31-33H,2-7,10H2,1H3,(H,34,35)/t11-,17+,21+,22-,23+,25+/m0/s1. The Bertz CT molecular complexity index is 1260. The van der Waals surface area contributed by atoms with Gasteiger partial charge in [0.15, 0.2) is 6.29 Å². The molecule has 5 N–H and O–H groups in total. The van der Waals surface area contributed by atoms with Crippen LogP contribution in [0.5, 0.6) is 0 Å². The van der Waals surface area contributed by atoms with Crippen LogP contribution >= 0.6 is 0 Å². The third kappa shape index (κ3) is 4.41. The van der Waals surface area contributed by atoms with Gasteiger partial charge in [-0.15, -0.1) is 0 Å². The number of rotatable bonds is 5. The van der Waals surface area contributed by atoms with Gasteiger partial charge in [-0.3, -0.25) is 4.79 Å². The third-order valence-electron chi connectivity index (χ3n) is 7.79. The predicted molar refractivity (Wildman–Crippen MR) is 128 cm³/mol. The molecule has 0 unspecified atom stereocenters. The van der Waals surface area contributed by atoms with E-state index < -0.39 is 54.5 Å². The summed E-state index contributed by atoms with van der Waals surface area (Å²) in [6.45, 7) is 2.20. The van der Waals surface area contributed by atoms with Gasteiger partial charge in [-0.25, -0.2) is 9.18 Å². The van der Waals surface area contributed by atoms with E-state index in [0.29, 0.717) is 55.5 Å². The molecular weight excluding hydrogens is 491 g/mol. The van der Waals surface area contributed by atoms with Crippen LogP contribution in [0.3, 0.4) is 0 Å². The predicted octanol–water partition coefficient (Wildman–Crippen LogP) is 0.131. The van der Waals surface area contributed by atoms with Crippen LogP contribution in [-0.4, -0.2) is 92.6 Å². The van der Waals surface area contributed by atoms with E-state index in [2.05, 4.69) is 0 Å². The lowest BCUT2D eigenvalue weighted by atomic mass is 9.93. The fourth-order valence-corrected chi connectivity index (χ4v) is 5.71. The fraction of sp³-hybridized carbons (Fsp3) is 0.600. The van der Waals surface area contributed by atoms with Crippen molar-refractivity contribution in [3.8, 4) is 0 Å². The topological polar surface area (TPSA) is 162 Å². The van der Waals surface area contributed by atoms with Gasteiger partial charge in [0.25, 0.3) is 0 Å². The number of hydrogen-bond acceptors (Lipinski definition) is 9. The van der Waals surface area contributed by atoms with Crippen molar-refractivity contribution in [1.29, 1.82) is 0 Å². The molecule has 37 heavy (non-hydrogen) atoms. The number of ether oxygens (including phenoxy) is 2. The number of aliphatic hydroxyl groups is 4. The molecule has 4 heterocycles. The molecular formula is C25H31FN2O9. The van der Waals surface area contributed by atoms with E-state index in [1.54, 1.807) is 4.57 Å². The number of benzene rings is 1. The van der Waals surface area contributed by atoms with E-state index in [1.807, 2.05) is 11.8 Å². The normalized spacial score (nSPS) is 30.6. The quantitative estimate of drug-likeness (QED) is 0.365. The van der Waals surface area contributed by atoms with Gasteiger partial charge in [-0.2, -0.15) is 0 Å². The number of aliphatic hydroxyl groups excluding tert-OH is 4. The zero-order valence-corrected chi connectivity index (χ0v) is 20.3. The summed E-state index contributed by atoms with van der Waals surface area (Å²) in [5.74, 6) is -1.93. The molecule has 12 heteroatoms. The zero-order chi connectivity index (χ0) is 26.6. The van der Waals surface area contributed by atoms with Crippen LogP contribution in [0.4, 0.5) is 10.1 Å². The Morgan fingerprint density at radius 2 is 1.86 bits per heavy atom. The number of carboxylic acids is 1. The van der Waals surface area contributed by atoms with Crippen molar-refractivity contribution < 1.29 is 44.2 Å². The Morgan fingerprint density at radius 1 is 1.16 bits per heavy atom. The van der Waals surface area contributed by atoms with E-state index in [4.69, 9.17) is 9.47 Å². The Balaban J connectivity index is 1.39. The summed E-state index contributed by atoms with van der Waals surface area (Å²) >= 11 is 0. The molecule has 0 aliphatic carbocycles.